The lowest BCUT2D eigenvalue weighted by Gasteiger charge is -2.37. The van der Waals surface area contributed by atoms with Gasteiger partial charge in [-0.25, -0.2) is 4.79 Å². The summed E-state index contributed by atoms with van der Waals surface area (Å²) in [6.07, 6.45) is 0.0420. The third kappa shape index (κ3) is 5.90. The molecule has 1 fully saturated rings. The molecule has 0 bridgehead atoms. The van der Waals surface area contributed by atoms with Crippen LogP contribution in [0.2, 0.25) is 5.02 Å². The zero-order chi connectivity index (χ0) is 18.6. The van der Waals surface area contributed by atoms with Crippen LogP contribution in [-0.4, -0.2) is 35.2 Å². The normalized spacial score (nSPS) is 20.9. The molecule has 7 heteroatoms. The first kappa shape index (κ1) is 19.5. The molecule has 0 saturated carbocycles. The quantitative estimate of drug-likeness (QED) is 0.860. The van der Waals surface area contributed by atoms with Gasteiger partial charge in [-0.2, -0.15) is 0 Å². The van der Waals surface area contributed by atoms with E-state index in [1.165, 1.54) is 4.90 Å². The Morgan fingerprint density at radius 2 is 1.96 bits per heavy atom. The van der Waals surface area contributed by atoms with E-state index < -0.39 is 17.9 Å². The molecule has 1 aromatic carbocycles. The van der Waals surface area contributed by atoms with Crippen LogP contribution in [0, 0.1) is 5.92 Å². The number of carbonyl (C=O) groups excluding carboxylic acids is 2. The fourth-order valence-corrected chi connectivity index (χ4v) is 2.84. The molecule has 0 spiro atoms. The third-order valence-corrected chi connectivity index (χ3v) is 4.28. The van der Waals surface area contributed by atoms with Crippen LogP contribution in [0.3, 0.4) is 0 Å². The van der Waals surface area contributed by atoms with Crippen LogP contribution in [0.4, 0.5) is 4.79 Å². The minimum atomic E-state index is -0.566. The minimum absolute atomic E-state index is 0.0470. The molecule has 1 aliphatic rings. The van der Waals surface area contributed by atoms with Crippen molar-refractivity contribution >= 4 is 23.6 Å². The summed E-state index contributed by atoms with van der Waals surface area (Å²) in [5.74, 6) is -0.254. The van der Waals surface area contributed by atoms with Crippen molar-refractivity contribution in [1.82, 2.24) is 10.2 Å². The molecule has 0 aromatic heterocycles. The summed E-state index contributed by atoms with van der Waals surface area (Å²) >= 11 is 5.85. The monoisotopic (exact) mass is 367 g/mol. The van der Waals surface area contributed by atoms with Gasteiger partial charge in [-0.15, -0.1) is 0 Å². The van der Waals surface area contributed by atoms with E-state index in [4.69, 9.17) is 22.1 Å². The number of piperidine rings is 1. The van der Waals surface area contributed by atoms with Crippen LogP contribution >= 0.6 is 11.6 Å². The lowest BCUT2D eigenvalue weighted by Crippen LogP contribution is -2.54. The number of halogens is 1. The Labute approximate surface area is 153 Å². The zero-order valence-corrected chi connectivity index (χ0v) is 15.7. The number of hydrogen-bond donors (Lipinski definition) is 2. The lowest BCUT2D eigenvalue weighted by molar-refractivity contribution is -0.127. The van der Waals surface area contributed by atoms with Gasteiger partial charge in [0.2, 0.25) is 5.91 Å². The lowest BCUT2D eigenvalue weighted by atomic mass is 9.94. The zero-order valence-electron chi connectivity index (χ0n) is 14.9. The average molecular weight is 368 g/mol. The number of benzene rings is 1. The highest BCUT2D eigenvalue weighted by molar-refractivity contribution is 6.30. The van der Waals surface area contributed by atoms with Crippen LogP contribution < -0.4 is 11.1 Å². The number of nitrogens with two attached hydrogens (primary N) is 1. The van der Waals surface area contributed by atoms with Crippen molar-refractivity contribution in [2.45, 2.75) is 51.9 Å². The highest BCUT2D eigenvalue weighted by Crippen LogP contribution is 2.23. The number of likely N-dealkylation sites (tertiary alicyclic amines) is 1. The SMILES string of the molecule is CC(C)(C)OC(=O)N1CCC(C(=O)NCc2ccc(Cl)cc2)CC1N. The van der Waals surface area contributed by atoms with Gasteiger partial charge in [-0.3, -0.25) is 9.69 Å². The maximum Gasteiger partial charge on any atom is 0.411 e. The van der Waals surface area contributed by atoms with Crippen molar-refractivity contribution < 1.29 is 14.3 Å². The predicted molar refractivity (Wildman–Crippen MR) is 96.9 cm³/mol. The first-order chi connectivity index (χ1) is 11.7. The number of amides is 2. The van der Waals surface area contributed by atoms with Crippen molar-refractivity contribution in [2.24, 2.45) is 11.7 Å². The second kappa shape index (κ2) is 8.06. The molecule has 2 rings (SSSR count). The van der Waals surface area contributed by atoms with Crippen LogP contribution in [0.5, 0.6) is 0 Å². The highest BCUT2D eigenvalue weighted by atomic mass is 35.5. The van der Waals surface area contributed by atoms with Gasteiger partial charge in [0.05, 0.1) is 6.17 Å². The summed E-state index contributed by atoms with van der Waals surface area (Å²) in [6, 6.07) is 7.33. The second-order valence-electron chi connectivity index (χ2n) is 7.31. The van der Waals surface area contributed by atoms with Crippen LogP contribution in [0.15, 0.2) is 24.3 Å². The van der Waals surface area contributed by atoms with Crippen molar-refractivity contribution in [3.8, 4) is 0 Å². The Bertz CT molecular complexity index is 613. The molecule has 6 nitrogen and oxygen atoms in total. The smallest absolute Gasteiger partial charge is 0.411 e. The van der Waals surface area contributed by atoms with Gasteiger partial charge >= 0.3 is 6.09 Å². The highest BCUT2D eigenvalue weighted by Gasteiger charge is 2.34. The first-order valence-electron chi connectivity index (χ1n) is 8.43. The Hall–Kier alpha value is -1.79. The Morgan fingerprint density at radius 1 is 1.32 bits per heavy atom. The molecular formula is C18H26ClN3O3. The molecule has 2 amide bonds. The van der Waals surface area contributed by atoms with Crippen LogP contribution in [-0.2, 0) is 16.1 Å². The summed E-state index contributed by atoms with van der Waals surface area (Å²) in [5.41, 5.74) is 6.50. The van der Waals surface area contributed by atoms with Gasteiger partial charge in [-0.05, 0) is 51.3 Å². The van der Waals surface area contributed by atoms with E-state index in [2.05, 4.69) is 5.32 Å². The fraction of sp³-hybridized carbons (Fsp3) is 0.556. The number of nitrogens with zero attached hydrogens (tertiary/aromatic N) is 1. The average Bonchev–Trinajstić information content (AvgIpc) is 2.52. The van der Waals surface area contributed by atoms with E-state index in [1.54, 1.807) is 12.1 Å². The Balaban J connectivity index is 1.84. The summed E-state index contributed by atoms with van der Waals surface area (Å²) in [4.78, 5) is 26.0. The minimum Gasteiger partial charge on any atom is -0.444 e. The van der Waals surface area contributed by atoms with Gasteiger partial charge < -0.3 is 15.8 Å². The Morgan fingerprint density at radius 3 is 2.52 bits per heavy atom. The largest absolute Gasteiger partial charge is 0.444 e. The molecule has 1 aromatic rings. The fourth-order valence-electron chi connectivity index (χ4n) is 2.72. The first-order valence-corrected chi connectivity index (χ1v) is 8.81. The molecule has 1 saturated heterocycles. The Kier molecular flexibility index (Phi) is 6.30. The molecule has 1 heterocycles. The number of rotatable bonds is 3. The van der Waals surface area contributed by atoms with Crippen molar-refractivity contribution in [3.63, 3.8) is 0 Å². The van der Waals surface area contributed by atoms with Crippen molar-refractivity contribution in [2.75, 3.05) is 6.54 Å². The molecule has 3 N–H and O–H groups in total. The number of carbonyl (C=O) groups is 2. The molecule has 1 aliphatic heterocycles. The standard InChI is InChI=1S/C18H26ClN3O3/c1-18(2,3)25-17(24)22-9-8-13(10-15(22)20)16(23)21-11-12-4-6-14(19)7-5-12/h4-7,13,15H,8-11,20H2,1-3H3,(H,21,23). The topological polar surface area (TPSA) is 84.7 Å². The summed E-state index contributed by atoms with van der Waals surface area (Å²) < 4.78 is 5.35. The third-order valence-electron chi connectivity index (χ3n) is 4.02. The number of hydrogen-bond acceptors (Lipinski definition) is 4. The van der Waals surface area contributed by atoms with Gasteiger partial charge in [0.15, 0.2) is 0 Å². The maximum absolute atomic E-state index is 12.4. The molecule has 2 atom stereocenters. The van der Waals surface area contributed by atoms with Gasteiger partial charge in [0.1, 0.15) is 5.60 Å². The maximum atomic E-state index is 12.4. The molecule has 2 unspecified atom stereocenters. The van der Waals surface area contributed by atoms with Crippen LogP contribution in [0.25, 0.3) is 0 Å². The van der Waals surface area contributed by atoms with E-state index in [1.807, 2.05) is 32.9 Å². The molecule has 138 valence electrons. The second-order valence-corrected chi connectivity index (χ2v) is 7.74. The van der Waals surface area contributed by atoms with E-state index in [0.29, 0.717) is 31.0 Å². The van der Waals surface area contributed by atoms with Crippen molar-refractivity contribution in [1.29, 1.82) is 0 Å². The van der Waals surface area contributed by atoms with Gasteiger partial charge in [-0.1, -0.05) is 23.7 Å². The van der Waals surface area contributed by atoms with Gasteiger partial charge in [0, 0.05) is 24.0 Å². The summed E-state index contributed by atoms with van der Waals surface area (Å²) in [5, 5.41) is 3.58. The molecule has 25 heavy (non-hydrogen) atoms. The van der Waals surface area contributed by atoms with E-state index >= 15 is 0 Å². The molecule has 0 radical (unpaired) electrons. The van der Waals surface area contributed by atoms with Gasteiger partial charge in [0.25, 0.3) is 0 Å². The van der Waals surface area contributed by atoms with Crippen LogP contribution in [0.1, 0.15) is 39.2 Å². The summed E-state index contributed by atoms with van der Waals surface area (Å²) in [7, 11) is 0. The van der Waals surface area contributed by atoms with E-state index in [9.17, 15) is 9.59 Å². The van der Waals surface area contributed by atoms with E-state index in [-0.39, 0.29) is 11.8 Å². The van der Waals surface area contributed by atoms with Crippen molar-refractivity contribution in [3.05, 3.63) is 34.9 Å². The summed E-state index contributed by atoms with van der Waals surface area (Å²) in [6.45, 7) is 6.29. The number of ether oxygens (including phenoxy) is 1. The number of nitrogens with one attached hydrogen (secondary N) is 1. The predicted octanol–water partition coefficient (Wildman–Crippen LogP) is 2.89. The molecule has 0 aliphatic carbocycles. The van der Waals surface area contributed by atoms with E-state index in [0.717, 1.165) is 5.56 Å². The molecular weight excluding hydrogens is 342 g/mol.